The quantitative estimate of drug-likeness (QED) is 0.841. The molecule has 2 aromatic rings. The highest BCUT2D eigenvalue weighted by molar-refractivity contribution is 5.82. The Bertz CT molecular complexity index is 577. The summed E-state index contributed by atoms with van der Waals surface area (Å²) in [5, 5.41) is 0.699. The summed E-state index contributed by atoms with van der Waals surface area (Å²) in [6, 6.07) is 6.11. The number of aromatic nitrogens is 1. The highest BCUT2D eigenvalue weighted by Gasteiger charge is 2.08. The number of nitrogens with one attached hydrogen (secondary N) is 1. The molecule has 1 aromatic heterocycles. The van der Waals surface area contributed by atoms with E-state index in [0.717, 1.165) is 0 Å². The van der Waals surface area contributed by atoms with Gasteiger partial charge in [-0.15, -0.1) is 0 Å². The van der Waals surface area contributed by atoms with E-state index in [2.05, 4.69) is 4.98 Å². The van der Waals surface area contributed by atoms with Crippen molar-refractivity contribution in [3.05, 3.63) is 40.4 Å². The van der Waals surface area contributed by atoms with E-state index in [1.54, 1.807) is 17.0 Å². The van der Waals surface area contributed by atoms with E-state index in [1.165, 1.54) is 12.1 Å². The maximum Gasteiger partial charge on any atom is 0.248 e. The molecule has 0 amide bonds. The van der Waals surface area contributed by atoms with Crippen LogP contribution in [0.4, 0.5) is 10.1 Å². The summed E-state index contributed by atoms with van der Waals surface area (Å²) in [6.07, 6.45) is 0. The topological polar surface area (TPSA) is 36.1 Å². The van der Waals surface area contributed by atoms with Crippen LogP contribution < -0.4 is 10.5 Å². The van der Waals surface area contributed by atoms with Gasteiger partial charge in [-0.25, -0.2) is 4.39 Å². The maximum atomic E-state index is 13.7. The lowest BCUT2D eigenvalue weighted by molar-refractivity contribution is 0.625. The molecule has 1 aromatic carbocycles. The maximum absolute atomic E-state index is 13.7. The molecule has 4 heteroatoms. The van der Waals surface area contributed by atoms with E-state index in [0.29, 0.717) is 23.1 Å². The largest absolute Gasteiger partial charge is 0.372 e. The fraction of sp³-hybridized carbons (Fsp3) is 0.250. The zero-order valence-electron chi connectivity index (χ0n) is 9.25. The van der Waals surface area contributed by atoms with E-state index < -0.39 is 0 Å². The van der Waals surface area contributed by atoms with E-state index >= 15 is 0 Å². The van der Waals surface area contributed by atoms with Crippen molar-refractivity contribution in [2.24, 2.45) is 0 Å². The zero-order valence-corrected chi connectivity index (χ0v) is 9.25. The number of pyridine rings is 1. The van der Waals surface area contributed by atoms with Crippen molar-refractivity contribution in [3.8, 4) is 0 Å². The van der Waals surface area contributed by atoms with Gasteiger partial charge in [0.25, 0.3) is 0 Å². The number of halogens is 1. The number of hydrogen-bond acceptors (Lipinski definition) is 2. The molecule has 0 fully saturated rings. The fourth-order valence-electron chi connectivity index (χ4n) is 1.63. The molecule has 0 aliphatic carbocycles. The smallest absolute Gasteiger partial charge is 0.248 e. The average Bonchev–Trinajstić information content (AvgIpc) is 2.28. The third-order valence-corrected chi connectivity index (χ3v) is 2.68. The van der Waals surface area contributed by atoms with E-state index in [9.17, 15) is 9.18 Å². The second kappa shape index (κ2) is 3.96. The van der Waals surface area contributed by atoms with Crippen molar-refractivity contribution in [2.45, 2.75) is 6.92 Å². The number of benzene rings is 1. The molecule has 0 bridgehead atoms. The molecule has 0 aliphatic rings. The lowest BCUT2D eigenvalue weighted by Gasteiger charge is -2.17. The molecule has 1 N–H and O–H groups in total. The molecule has 0 saturated heterocycles. The Kier molecular flexibility index (Phi) is 2.64. The number of fused-ring (bicyclic) bond motifs is 1. The molecule has 0 radical (unpaired) electrons. The average molecular weight is 220 g/mol. The Morgan fingerprint density at radius 1 is 1.38 bits per heavy atom. The number of anilines is 1. The third-order valence-electron chi connectivity index (χ3n) is 2.68. The van der Waals surface area contributed by atoms with Crippen LogP contribution in [0.3, 0.4) is 0 Å². The van der Waals surface area contributed by atoms with Crippen molar-refractivity contribution in [1.29, 1.82) is 0 Å². The number of H-pyrrole nitrogens is 1. The Labute approximate surface area is 92.5 Å². The summed E-state index contributed by atoms with van der Waals surface area (Å²) < 4.78 is 13.7. The first kappa shape index (κ1) is 10.7. The van der Waals surface area contributed by atoms with Crippen molar-refractivity contribution in [3.63, 3.8) is 0 Å². The Balaban J connectivity index is 2.68. The zero-order chi connectivity index (χ0) is 11.7. The van der Waals surface area contributed by atoms with Gasteiger partial charge in [0, 0.05) is 25.0 Å². The van der Waals surface area contributed by atoms with Gasteiger partial charge < -0.3 is 9.88 Å². The van der Waals surface area contributed by atoms with Gasteiger partial charge in [-0.05, 0) is 25.1 Å². The first-order valence-electron chi connectivity index (χ1n) is 5.15. The predicted octanol–water partition coefficient (Wildman–Crippen LogP) is 2.12. The van der Waals surface area contributed by atoms with Gasteiger partial charge in [-0.1, -0.05) is 0 Å². The molecule has 0 spiro atoms. The second-order valence-electron chi connectivity index (χ2n) is 3.73. The fourth-order valence-corrected chi connectivity index (χ4v) is 1.63. The van der Waals surface area contributed by atoms with Crippen LogP contribution in [-0.2, 0) is 0 Å². The van der Waals surface area contributed by atoms with E-state index in [1.807, 2.05) is 14.0 Å². The summed E-state index contributed by atoms with van der Waals surface area (Å²) in [5.74, 6) is -0.274. The van der Waals surface area contributed by atoms with E-state index in [4.69, 9.17) is 0 Å². The summed E-state index contributed by atoms with van der Waals surface area (Å²) in [7, 11) is 1.81. The van der Waals surface area contributed by atoms with Crippen molar-refractivity contribution in [2.75, 3.05) is 18.5 Å². The van der Waals surface area contributed by atoms with Crippen molar-refractivity contribution < 1.29 is 4.39 Å². The minimum absolute atomic E-state index is 0.177. The van der Waals surface area contributed by atoms with Gasteiger partial charge in [0.05, 0.1) is 11.2 Å². The highest BCUT2D eigenvalue weighted by Crippen LogP contribution is 2.23. The SMILES string of the molecule is CCN(C)c1cc2[nH]c(=O)ccc2cc1F. The van der Waals surface area contributed by atoms with Crippen molar-refractivity contribution in [1.82, 2.24) is 4.98 Å². The van der Waals surface area contributed by atoms with Gasteiger partial charge in [0.2, 0.25) is 5.56 Å². The first-order valence-corrected chi connectivity index (χ1v) is 5.15. The van der Waals surface area contributed by atoms with Crippen LogP contribution in [0, 0.1) is 5.82 Å². The van der Waals surface area contributed by atoms with Gasteiger partial charge in [-0.2, -0.15) is 0 Å². The Morgan fingerprint density at radius 3 is 2.81 bits per heavy atom. The highest BCUT2D eigenvalue weighted by atomic mass is 19.1. The lowest BCUT2D eigenvalue weighted by atomic mass is 10.2. The molecule has 0 aliphatic heterocycles. The minimum Gasteiger partial charge on any atom is -0.372 e. The summed E-state index contributed by atoms with van der Waals surface area (Å²) in [4.78, 5) is 15.6. The Morgan fingerprint density at radius 2 is 2.12 bits per heavy atom. The molecule has 16 heavy (non-hydrogen) atoms. The predicted molar refractivity (Wildman–Crippen MR) is 63.5 cm³/mol. The summed E-state index contributed by atoms with van der Waals surface area (Å²) in [6.45, 7) is 2.65. The second-order valence-corrected chi connectivity index (χ2v) is 3.73. The number of nitrogens with zero attached hydrogens (tertiary/aromatic N) is 1. The molecule has 2 rings (SSSR count). The first-order chi connectivity index (χ1) is 7.61. The number of aromatic amines is 1. The van der Waals surface area contributed by atoms with Crippen LogP contribution in [0.25, 0.3) is 10.9 Å². The minimum atomic E-state index is -0.274. The van der Waals surface area contributed by atoms with Crippen LogP contribution in [0.2, 0.25) is 0 Å². The summed E-state index contributed by atoms with van der Waals surface area (Å²) >= 11 is 0. The van der Waals surface area contributed by atoms with E-state index in [-0.39, 0.29) is 11.4 Å². The molecule has 0 unspecified atom stereocenters. The molecule has 3 nitrogen and oxygen atoms in total. The standard InChI is InChI=1S/C12H13FN2O/c1-3-15(2)11-7-10-8(6-9(11)13)4-5-12(16)14-10/h4-7H,3H2,1-2H3,(H,14,16). The Hall–Kier alpha value is -1.84. The van der Waals surface area contributed by atoms with Gasteiger partial charge in [0.1, 0.15) is 5.82 Å². The van der Waals surface area contributed by atoms with Gasteiger partial charge in [-0.3, -0.25) is 4.79 Å². The van der Waals surface area contributed by atoms with Crippen LogP contribution in [-0.4, -0.2) is 18.6 Å². The molecule has 84 valence electrons. The van der Waals surface area contributed by atoms with Gasteiger partial charge in [0.15, 0.2) is 0 Å². The van der Waals surface area contributed by atoms with Crippen LogP contribution in [0.5, 0.6) is 0 Å². The molecule has 1 heterocycles. The summed E-state index contributed by atoms with van der Waals surface area (Å²) in [5.41, 5.74) is 0.977. The van der Waals surface area contributed by atoms with Crippen molar-refractivity contribution >= 4 is 16.6 Å². The lowest BCUT2D eigenvalue weighted by Crippen LogP contribution is -2.17. The third kappa shape index (κ3) is 1.78. The monoisotopic (exact) mass is 220 g/mol. The van der Waals surface area contributed by atoms with Crippen LogP contribution >= 0.6 is 0 Å². The number of rotatable bonds is 2. The normalized spacial score (nSPS) is 10.7. The number of hydrogen-bond donors (Lipinski definition) is 1. The molecule has 0 atom stereocenters. The molecular formula is C12H13FN2O. The molecular weight excluding hydrogens is 207 g/mol. The van der Waals surface area contributed by atoms with Gasteiger partial charge >= 0.3 is 0 Å². The van der Waals surface area contributed by atoms with Crippen LogP contribution in [0.1, 0.15) is 6.92 Å². The van der Waals surface area contributed by atoms with Crippen LogP contribution in [0.15, 0.2) is 29.1 Å². The molecule has 0 saturated carbocycles.